The van der Waals surface area contributed by atoms with Gasteiger partial charge in [0.2, 0.25) is 0 Å². The molecule has 2 aromatic carbocycles. The van der Waals surface area contributed by atoms with Crippen LogP contribution in [0.2, 0.25) is 0 Å². The largest absolute Gasteiger partial charge is 0.356 e. The average molecular weight is 552 g/mol. The first-order chi connectivity index (χ1) is 15.8. The first-order valence-corrected chi connectivity index (χ1v) is 10.8. The van der Waals surface area contributed by atoms with Gasteiger partial charge in [0, 0.05) is 44.6 Å². The fraction of sp³-hybridized carbons (Fsp3) is 0.192. The van der Waals surface area contributed by atoms with E-state index in [2.05, 4.69) is 86.4 Å². The lowest BCUT2D eigenvalue weighted by molar-refractivity contribution is 0.644. The molecule has 0 saturated carbocycles. The number of nitrogens with one attached hydrogen (secondary N) is 2. The normalized spacial score (nSPS) is 12.0. The molecule has 0 aliphatic heterocycles. The van der Waals surface area contributed by atoms with E-state index < -0.39 is 0 Å². The highest BCUT2D eigenvalue weighted by Gasteiger charge is 2.13. The molecule has 0 saturated heterocycles. The molecule has 0 amide bonds. The van der Waals surface area contributed by atoms with Crippen LogP contribution in [0.4, 0.5) is 0 Å². The second kappa shape index (κ2) is 12.7. The van der Waals surface area contributed by atoms with Gasteiger partial charge in [0.15, 0.2) is 11.8 Å². The minimum atomic E-state index is 0. The van der Waals surface area contributed by atoms with Crippen molar-refractivity contribution in [3.8, 4) is 5.82 Å². The molecule has 0 fully saturated rings. The first-order valence-electron chi connectivity index (χ1n) is 10.8. The third kappa shape index (κ3) is 7.15. The zero-order valence-corrected chi connectivity index (χ0v) is 21.0. The SMILES string of the molecule is CN=C(NCc1ccnc(-n2cccn2)c1)NCC(Cc1ccccc1)c1ccccc1.I. The van der Waals surface area contributed by atoms with Crippen LogP contribution in [0.3, 0.4) is 0 Å². The Kier molecular flexibility index (Phi) is 9.44. The van der Waals surface area contributed by atoms with E-state index in [-0.39, 0.29) is 24.0 Å². The molecular weight excluding hydrogens is 523 g/mol. The van der Waals surface area contributed by atoms with E-state index in [0.717, 1.165) is 30.3 Å². The Hall–Kier alpha value is -3.20. The summed E-state index contributed by atoms with van der Waals surface area (Å²) in [7, 11) is 1.80. The van der Waals surface area contributed by atoms with E-state index in [1.165, 1.54) is 11.1 Å². The highest BCUT2D eigenvalue weighted by atomic mass is 127. The summed E-state index contributed by atoms with van der Waals surface area (Å²) in [5.41, 5.74) is 3.75. The molecule has 0 aliphatic rings. The molecule has 170 valence electrons. The summed E-state index contributed by atoms with van der Waals surface area (Å²) in [5, 5.41) is 11.2. The monoisotopic (exact) mass is 552 g/mol. The molecule has 0 radical (unpaired) electrons. The summed E-state index contributed by atoms with van der Waals surface area (Å²) in [5.74, 6) is 1.91. The predicted molar refractivity (Wildman–Crippen MR) is 144 cm³/mol. The third-order valence-electron chi connectivity index (χ3n) is 5.34. The van der Waals surface area contributed by atoms with Gasteiger partial charge in [-0.15, -0.1) is 24.0 Å². The molecule has 33 heavy (non-hydrogen) atoms. The van der Waals surface area contributed by atoms with Gasteiger partial charge >= 0.3 is 0 Å². The van der Waals surface area contributed by atoms with Crippen molar-refractivity contribution >= 4 is 29.9 Å². The minimum absolute atomic E-state index is 0. The highest BCUT2D eigenvalue weighted by molar-refractivity contribution is 14.0. The quantitative estimate of drug-likeness (QED) is 0.191. The first kappa shape index (κ1) is 24.4. The van der Waals surface area contributed by atoms with Crippen molar-refractivity contribution in [3.63, 3.8) is 0 Å². The number of aromatic nitrogens is 3. The van der Waals surface area contributed by atoms with Crippen molar-refractivity contribution < 1.29 is 0 Å². The topological polar surface area (TPSA) is 67.1 Å². The fourth-order valence-corrected chi connectivity index (χ4v) is 3.66. The molecule has 0 aliphatic carbocycles. The van der Waals surface area contributed by atoms with Crippen LogP contribution in [0.5, 0.6) is 0 Å². The van der Waals surface area contributed by atoms with E-state index in [1.807, 2.05) is 24.4 Å². The van der Waals surface area contributed by atoms with Gasteiger partial charge in [0.1, 0.15) is 0 Å². The van der Waals surface area contributed by atoms with Gasteiger partial charge in [-0.3, -0.25) is 4.99 Å². The van der Waals surface area contributed by atoms with Gasteiger partial charge in [0.05, 0.1) is 0 Å². The zero-order valence-electron chi connectivity index (χ0n) is 18.6. The van der Waals surface area contributed by atoms with Gasteiger partial charge in [-0.2, -0.15) is 5.10 Å². The Labute approximate surface area is 212 Å². The Balaban J connectivity index is 0.00000306. The van der Waals surface area contributed by atoms with Crippen molar-refractivity contribution in [2.75, 3.05) is 13.6 Å². The van der Waals surface area contributed by atoms with Gasteiger partial charge in [0.25, 0.3) is 0 Å². The van der Waals surface area contributed by atoms with Crippen LogP contribution in [-0.4, -0.2) is 34.3 Å². The second-order valence-corrected chi connectivity index (χ2v) is 7.58. The number of benzene rings is 2. The maximum atomic E-state index is 4.41. The Morgan fingerprint density at radius 2 is 1.67 bits per heavy atom. The number of halogens is 1. The number of hydrogen-bond acceptors (Lipinski definition) is 3. The van der Waals surface area contributed by atoms with Gasteiger partial charge in [-0.25, -0.2) is 9.67 Å². The molecule has 1 unspecified atom stereocenters. The number of guanidine groups is 1. The van der Waals surface area contributed by atoms with Crippen molar-refractivity contribution in [1.82, 2.24) is 25.4 Å². The Morgan fingerprint density at radius 3 is 2.36 bits per heavy atom. The lowest BCUT2D eigenvalue weighted by Gasteiger charge is -2.20. The summed E-state index contributed by atoms with van der Waals surface area (Å²) in [4.78, 5) is 8.80. The van der Waals surface area contributed by atoms with Crippen LogP contribution in [0.15, 0.2) is 102 Å². The second-order valence-electron chi connectivity index (χ2n) is 7.58. The predicted octanol–water partition coefficient (Wildman–Crippen LogP) is 4.58. The average Bonchev–Trinajstić information content (AvgIpc) is 3.40. The fourth-order valence-electron chi connectivity index (χ4n) is 3.66. The van der Waals surface area contributed by atoms with E-state index >= 15 is 0 Å². The molecule has 2 N–H and O–H groups in total. The van der Waals surface area contributed by atoms with E-state index in [1.54, 1.807) is 24.1 Å². The highest BCUT2D eigenvalue weighted by Crippen LogP contribution is 2.20. The maximum Gasteiger partial charge on any atom is 0.191 e. The summed E-state index contributed by atoms with van der Waals surface area (Å²) >= 11 is 0. The summed E-state index contributed by atoms with van der Waals surface area (Å²) in [6.07, 6.45) is 6.40. The molecule has 2 aromatic heterocycles. The van der Waals surface area contributed by atoms with Gasteiger partial charge in [-0.05, 0) is 41.3 Å². The lowest BCUT2D eigenvalue weighted by atomic mass is 9.92. The van der Waals surface area contributed by atoms with Crippen molar-refractivity contribution in [2.45, 2.75) is 18.9 Å². The molecule has 0 spiro atoms. The third-order valence-corrected chi connectivity index (χ3v) is 5.34. The maximum absolute atomic E-state index is 4.41. The Morgan fingerprint density at radius 1 is 0.909 bits per heavy atom. The van der Waals surface area contributed by atoms with E-state index in [4.69, 9.17) is 0 Å². The van der Waals surface area contributed by atoms with Crippen molar-refractivity contribution in [2.24, 2.45) is 4.99 Å². The number of aliphatic imine (C=N–C) groups is 1. The molecular formula is C26H29IN6. The zero-order chi connectivity index (χ0) is 22.0. The molecule has 6 nitrogen and oxygen atoms in total. The lowest BCUT2D eigenvalue weighted by Crippen LogP contribution is -2.39. The minimum Gasteiger partial charge on any atom is -0.356 e. The number of rotatable bonds is 8. The van der Waals surface area contributed by atoms with Crippen LogP contribution in [-0.2, 0) is 13.0 Å². The van der Waals surface area contributed by atoms with Crippen molar-refractivity contribution in [3.05, 3.63) is 114 Å². The molecule has 0 bridgehead atoms. The van der Waals surface area contributed by atoms with Crippen LogP contribution in [0.1, 0.15) is 22.6 Å². The van der Waals surface area contributed by atoms with Crippen molar-refractivity contribution in [1.29, 1.82) is 0 Å². The number of nitrogens with zero attached hydrogens (tertiary/aromatic N) is 4. The van der Waals surface area contributed by atoms with Gasteiger partial charge in [-0.1, -0.05) is 60.7 Å². The molecule has 1 atom stereocenters. The Bertz CT molecular complexity index is 1110. The summed E-state index contributed by atoms with van der Waals surface area (Å²) < 4.78 is 1.75. The van der Waals surface area contributed by atoms with E-state index in [9.17, 15) is 0 Å². The molecule has 7 heteroatoms. The molecule has 2 heterocycles. The summed E-state index contributed by atoms with van der Waals surface area (Å²) in [6, 6.07) is 27.2. The standard InChI is InChI=1S/C26H28N6.HI/c1-27-26(29-19-22-13-15-28-25(18-22)32-16-8-14-31-32)30-20-24(23-11-6-3-7-12-23)17-21-9-4-2-5-10-21;/h2-16,18,24H,17,19-20H2,1H3,(H2,27,29,30);1H. The molecule has 4 aromatic rings. The number of pyridine rings is 1. The van der Waals surface area contributed by atoms with Crippen LogP contribution < -0.4 is 10.6 Å². The number of hydrogen-bond donors (Lipinski definition) is 2. The smallest absolute Gasteiger partial charge is 0.191 e. The molecule has 4 rings (SSSR count). The van der Waals surface area contributed by atoms with Crippen LogP contribution in [0, 0.1) is 0 Å². The van der Waals surface area contributed by atoms with E-state index in [0.29, 0.717) is 12.5 Å². The van der Waals surface area contributed by atoms with Crippen LogP contribution >= 0.6 is 24.0 Å². The van der Waals surface area contributed by atoms with Crippen LogP contribution in [0.25, 0.3) is 5.82 Å². The summed E-state index contributed by atoms with van der Waals surface area (Å²) in [6.45, 7) is 1.43. The van der Waals surface area contributed by atoms with Gasteiger partial charge < -0.3 is 10.6 Å².